The molecule has 2 rings (SSSR count). The Morgan fingerprint density at radius 2 is 2.29 bits per heavy atom. The van der Waals surface area contributed by atoms with E-state index in [0.29, 0.717) is 31.0 Å². The Hall–Kier alpha value is -2.00. The molecule has 1 aromatic rings. The fourth-order valence-corrected chi connectivity index (χ4v) is 2.03. The van der Waals surface area contributed by atoms with Gasteiger partial charge in [0.1, 0.15) is 11.4 Å². The highest BCUT2D eigenvalue weighted by Crippen LogP contribution is 2.09. The van der Waals surface area contributed by atoms with Crippen molar-refractivity contribution in [2.45, 2.75) is 32.4 Å². The first kappa shape index (κ1) is 17.1. The molecule has 1 amide bonds. The second-order valence-electron chi connectivity index (χ2n) is 4.71. The van der Waals surface area contributed by atoms with E-state index in [1.165, 1.54) is 0 Å². The van der Waals surface area contributed by atoms with Gasteiger partial charge in [-0.25, -0.2) is 4.63 Å². The summed E-state index contributed by atoms with van der Waals surface area (Å²) in [6.45, 7) is 3.58. The number of hydrogen-bond donors (Lipinski definition) is 3. The number of amides is 1. The van der Waals surface area contributed by atoms with Gasteiger partial charge in [-0.05, 0) is 26.3 Å². The average molecular weight is 300 g/mol. The molecule has 21 heavy (non-hydrogen) atoms. The van der Waals surface area contributed by atoms with Gasteiger partial charge in [0.25, 0.3) is 6.47 Å². The monoisotopic (exact) mass is 300 g/mol. The van der Waals surface area contributed by atoms with Gasteiger partial charge < -0.3 is 15.5 Å². The highest BCUT2D eigenvalue weighted by molar-refractivity contribution is 5.77. The zero-order chi connectivity index (χ0) is 15.7. The Labute approximate surface area is 121 Å². The van der Waals surface area contributed by atoms with E-state index in [2.05, 4.69) is 20.3 Å². The van der Waals surface area contributed by atoms with Crippen LogP contribution in [-0.4, -0.2) is 63.5 Å². The zero-order valence-corrected chi connectivity index (χ0v) is 11.9. The fraction of sp³-hybridized carbons (Fsp3) is 0.667. The number of β-amino-alcohol motifs (C(OH)–C–C–N with tert-alkyl or cyclic N) is 1. The van der Waals surface area contributed by atoms with E-state index in [9.17, 15) is 9.90 Å². The molecule has 3 N–H and O–H groups in total. The number of carboxylic acid groups (broad SMARTS) is 1. The van der Waals surface area contributed by atoms with Crippen molar-refractivity contribution in [2.24, 2.45) is 0 Å². The number of rotatable bonds is 4. The summed E-state index contributed by atoms with van der Waals surface area (Å²) in [5.41, 5.74) is 1.32. The van der Waals surface area contributed by atoms with Gasteiger partial charge in [-0.3, -0.25) is 14.5 Å². The summed E-state index contributed by atoms with van der Waals surface area (Å²) in [5.74, 6) is -0.0773. The molecule has 1 unspecified atom stereocenters. The maximum Gasteiger partial charge on any atom is 0.290 e. The van der Waals surface area contributed by atoms with E-state index < -0.39 is 0 Å². The molecule has 0 bridgehead atoms. The normalized spacial score (nSPS) is 18.5. The minimum absolute atomic E-state index is 0.0773. The molecule has 9 heteroatoms. The largest absolute Gasteiger partial charge is 0.483 e. The number of nitrogens with zero attached hydrogens (tertiary/aromatic N) is 3. The Balaban J connectivity index is 0.000000677. The molecule has 0 radical (unpaired) electrons. The van der Waals surface area contributed by atoms with Crippen LogP contribution in [0.15, 0.2) is 4.63 Å². The van der Waals surface area contributed by atoms with Crippen LogP contribution in [-0.2, 0) is 16.1 Å². The lowest BCUT2D eigenvalue weighted by molar-refractivity contribution is -0.123. The van der Waals surface area contributed by atoms with Crippen molar-refractivity contribution in [3.8, 4) is 0 Å². The summed E-state index contributed by atoms with van der Waals surface area (Å²) >= 11 is 0. The Bertz CT molecular complexity index is 451. The van der Waals surface area contributed by atoms with Gasteiger partial charge in [-0.2, -0.15) is 0 Å². The van der Waals surface area contributed by atoms with Crippen molar-refractivity contribution in [3.05, 3.63) is 11.4 Å². The molecule has 0 aromatic carbocycles. The second-order valence-corrected chi connectivity index (χ2v) is 4.71. The van der Waals surface area contributed by atoms with Crippen LogP contribution in [0.2, 0.25) is 0 Å². The summed E-state index contributed by atoms with van der Waals surface area (Å²) in [5, 5.41) is 26.5. The van der Waals surface area contributed by atoms with Crippen LogP contribution in [0.1, 0.15) is 24.2 Å². The first-order valence-electron chi connectivity index (χ1n) is 6.59. The number of aromatic nitrogens is 2. The van der Waals surface area contributed by atoms with Crippen molar-refractivity contribution < 1.29 is 24.4 Å². The maximum absolute atomic E-state index is 11.7. The molecule has 1 aromatic heterocycles. The van der Waals surface area contributed by atoms with Gasteiger partial charge >= 0.3 is 0 Å². The number of likely N-dealkylation sites (tertiary alicyclic amines) is 1. The molecule has 9 nitrogen and oxygen atoms in total. The molecular weight excluding hydrogens is 280 g/mol. The second kappa shape index (κ2) is 9.03. The number of nitrogens with one attached hydrogen (secondary N) is 1. The molecule has 1 atom stereocenters. The van der Waals surface area contributed by atoms with Crippen LogP contribution in [0.3, 0.4) is 0 Å². The lowest BCUT2D eigenvalue weighted by Gasteiger charge is -2.29. The van der Waals surface area contributed by atoms with Crippen LogP contribution in [0.25, 0.3) is 0 Å². The third-order valence-electron chi connectivity index (χ3n) is 3.05. The minimum atomic E-state index is -0.312. The van der Waals surface area contributed by atoms with Crippen molar-refractivity contribution in [3.63, 3.8) is 0 Å². The maximum atomic E-state index is 11.7. The summed E-state index contributed by atoms with van der Waals surface area (Å²) in [7, 11) is 0. The van der Waals surface area contributed by atoms with Gasteiger partial charge in [0.15, 0.2) is 0 Å². The van der Waals surface area contributed by atoms with Crippen molar-refractivity contribution in [1.82, 2.24) is 20.5 Å². The minimum Gasteiger partial charge on any atom is -0.483 e. The molecule has 2 heterocycles. The molecule has 118 valence electrons. The molecule has 0 saturated carbocycles. The van der Waals surface area contributed by atoms with Gasteiger partial charge in [-0.1, -0.05) is 10.3 Å². The van der Waals surface area contributed by atoms with E-state index in [4.69, 9.17) is 9.90 Å². The highest BCUT2D eigenvalue weighted by Gasteiger charge is 2.19. The molecule has 1 fully saturated rings. The topological polar surface area (TPSA) is 129 Å². The van der Waals surface area contributed by atoms with Gasteiger partial charge in [-0.15, -0.1) is 0 Å². The molecular formula is C12H20N4O5. The van der Waals surface area contributed by atoms with Crippen molar-refractivity contribution in [2.75, 3.05) is 19.6 Å². The predicted molar refractivity (Wildman–Crippen MR) is 71.3 cm³/mol. The number of aryl methyl sites for hydroxylation is 1. The Kier molecular flexibility index (Phi) is 7.33. The summed E-state index contributed by atoms with van der Waals surface area (Å²) in [4.78, 5) is 22.0. The number of carbonyl (C=O) groups is 2. The first-order chi connectivity index (χ1) is 10.1. The lowest BCUT2D eigenvalue weighted by Crippen LogP contribution is -2.44. The van der Waals surface area contributed by atoms with E-state index in [1.54, 1.807) is 6.92 Å². The Morgan fingerprint density at radius 3 is 2.86 bits per heavy atom. The molecule has 1 aliphatic rings. The van der Waals surface area contributed by atoms with Crippen molar-refractivity contribution in [1.29, 1.82) is 0 Å². The quantitative estimate of drug-likeness (QED) is 0.613. The van der Waals surface area contributed by atoms with E-state index in [1.807, 2.05) is 4.90 Å². The zero-order valence-electron chi connectivity index (χ0n) is 11.9. The molecule has 0 aliphatic carbocycles. The summed E-state index contributed by atoms with van der Waals surface area (Å²) < 4.78 is 4.55. The molecule has 0 spiro atoms. The third kappa shape index (κ3) is 6.32. The van der Waals surface area contributed by atoms with Gasteiger partial charge in [0, 0.05) is 6.54 Å². The number of aliphatic hydroxyl groups excluding tert-OH is 1. The van der Waals surface area contributed by atoms with Crippen LogP contribution in [0.5, 0.6) is 0 Å². The van der Waals surface area contributed by atoms with Gasteiger partial charge in [0.2, 0.25) is 5.91 Å². The first-order valence-corrected chi connectivity index (χ1v) is 6.59. The number of piperidine rings is 1. The number of aliphatic hydroxyl groups is 1. The lowest BCUT2D eigenvalue weighted by atomic mass is 10.1. The number of carbonyl (C=O) groups excluding carboxylic acids is 1. The van der Waals surface area contributed by atoms with E-state index >= 15 is 0 Å². The SMILES string of the molecule is Cc1nonc1CNC(=O)CN1CCCC(O)C1.O=CO. The predicted octanol–water partition coefficient (Wildman–Crippen LogP) is -0.848. The molecule has 1 aliphatic heterocycles. The number of hydrogen-bond acceptors (Lipinski definition) is 7. The smallest absolute Gasteiger partial charge is 0.290 e. The summed E-state index contributed by atoms with van der Waals surface area (Å²) in [6.07, 6.45) is 1.44. The van der Waals surface area contributed by atoms with E-state index in [-0.39, 0.29) is 18.5 Å². The van der Waals surface area contributed by atoms with Crippen LogP contribution in [0, 0.1) is 6.92 Å². The standard InChI is InChI=1S/C11H18N4O3.CH2O2/c1-8-10(14-18-13-8)5-12-11(17)7-15-4-2-3-9(16)6-15;2-1-3/h9,16H,2-7H2,1H3,(H,12,17);1H,(H,2,3). The van der Waals surface area contributed by atoms with Crippen molar-refractivity contribution >= 4 is 12.4 Å². The van der Waals surface area contributed by atoms with Gasteiger partial charge in [0.05, 0.1) is 19.2 Å². The third-order valence-corrected chi connectivity index (χ3v) is 3.05. The Morgan fingerprint density at radius 1 is 1.57 bits per heavy atom. The fourth-order valence-electron chi connectivity index (χ4n) is 2.03. The van der Waals surface area contributed by atoms with Crippen LogP contribution in [0.4, 0.5) is 0 Å². The van der Waals surface area contributed by atoms with Crippen LogP contribution < -0.4 is 5.32 Å². The van der Waals surface area contributed by atoms with E-state index in [0.717, 1.165) is 19.4 Å². The highest BCUT2D eigenvalue weighted by atomic mass is 16.6. The average Bonchev–Trinajstić information content (AvgIpc) is 2.83. The van der Waals surface area contributed by atoms with Crippen LogP contribution >= 0.6 is 0 Å². The summed E-state index contributed by atoms with van der Waals surface area (Å²) in [6, 6.07) is 0. The molecule has 1 saturated heterocycles.